The van der Waals surface area contributed by atoms with Gasteiger partial charge in [-0.05, 0) is 18.4 Å². The third-order valence-electron chi connectivity index (χ3n) is 3.32. The molecule has 0 bridgehead atoms. The molecule has 0 aliphatic carbocycles. The zero-order valence-corrected chi connectivity index (χ0v) is 12.3. The van der Waals surface area contributed by atoms with Gasteiger partial charge < -0.3 is 5.32 Å². The van der Waals surface area contributed by atoms with Crippen molar-refractivity contribution in [2.75, 3.05) is 31.1 Å². The van der Waals surface area contributed by atoms with Crippen LogP contribution in [0.15, 0.2) is 17.5 Å². The number of nitrogens with zero attached hydrogens (tertiary/aromatic N) is 1. The van der Waals surface area contributed by atoms with Crippen LogP contribution < -0.4 is 5.32 Å². The molecule has 2 heterocycles. The standard InChI is InChI=1S/C12H20N2O2S2/c1-11(9-13-10-12-3-2-6-17-12)14-4-7-18(15,16)8-5-14/h2-3,6,11,13H,4-5,7-10H2,1H3. The van der Waals surface area contributed by atoms with Gasteiger partial charge in [-0.25, -0.2) is 8.42 Å². The highest BCUT2D eigenvalue weighted by Crippen LogP contribution is 2.09. The molecule has 1 fully saturated rings. The minimum absolute atomic E-state index is 0.308. The number of sulfone groups is 1. The minimum atomic E-state index is -2.77. The van der Waals surface area contributed by atoms with Gasteiger partial charge in [0.15, 0.2) is 9.84 Å². The van der Waals surface area contributed by atoms with Crippen LogP contribution in [0.1, 0.15) is 11.8 Å². The lowest BCUT2D eigenvalue weighted by Crippen LogP contribution is -2.48. The lowest BCUT2D eigenvalue weighted by molar-refractivity contribution is 0.221. The zero-order chi connectivity index (χ0) is 13.0. The molecule has 0 saturated carbocycles. The highest BCUT2D eigenvalue weighted by atomic mass is 32.2. The maximum Gasteiger partial charge on any atom is 0.152 e. The van der Waals surface area contributed by atoms with Crippen molar-refractivity contribution < 1.29 is 8.42 Å². The second-order valence-corrected chi connectivity index (χ2v) is 8.08. The van der Waals surface area contributed by atoms with E-state index in [0.717, 1.165) is 13.1 Å². The Hall–Kier alpha value is -0.430. The van der Waals surface area contributed by atoms with Crippen molar-refractivity contribution in [1.29, 1.82) is 0 Å². The molecular formula is C12H20N2O2S2. The monoisotopic (exact) mass is 288 g/mol. The quantitative estimate of drug-likeness (QED) is 0.877. The fourth-order valence-corrected chi connectivity index (χ4v) is 4.02. The van der Waals surface area contributed by atoms with Crippen LogP contribution in [0.5, 0.6) is 0 Å². The smallest absolute Gasteiger partial charge is 0.152 e. The van der Waals surface area contributed by atoms with Crippen molar-refractivity contribution in [3.05, 3.63) is 22.4 Å². The summed E-state index contributed by atoms with van der Waals surface area (Å²) in [6.07, 6.45) is 0. The van der Waals surface area contributed by atoms with Gasteiger partial charge in [0.25, 0.3) is 0 Å². The van der Waals surface area contributed by atoms with Crippen molar-refractivity contribution in [1.82, 2.24) is 10.2 Å². The average Bonchev–Trinajstić information content (AvgIpc) is 2.82. The summed E-state index contributed by atoms with van der Waals surface area (Å²) in [4.78, 5) is 3.59. The Bertz CT molecular complexity index is 442. The molecule has 0 radical (unpaired) electrons. The van der Waals surface area contributed by atoms with Crippen LogP contribution in [0.3, 0.4) is 0 Å². The molecule has 0 spiro atoms. The van der Waals surface area contributed by atoms with E-state index in [1.54, 1.807) is 11.3 Å². The van der Waals surface area contributed by atoms with Gasteiger partial charge in [0.1, 0.15) is 0 Å². The van der Waals surface area contributed by atoms with E-state index in [1.807, 2.05) is 0 Å². The molecule has 1 unspecified atom stereocenters. The van der Waals surface area contributed by atoms with Crippen molar-refractivity contribution in [3.63, 3.8) is 0 Å². The molecule has 0 amide bonds. The van der Waals surface area contributed by atoms with E-state index in [2.05, 4.69) is 34.7 Å². The lowest BCUT2D eigenvalue weighted by Gasteiger charge is -2.32. The number of hydrogen-bond acceptors (Lipinski definition) is 5. The SMILES string of the molecule is CC(CNCc1cccs1)N1CCS(=O)(=O)CC1. The molecule has 1 aliphatic heterocycles. The van der Waals surface area contributed by atoms with Crippen LogP contribution >= 0.6 is 11.3 Å². The van der Waals surface area contributed by atoms with E-state index in [0.29, 0.717) is 30.6 Å². The fourth-order valence-electron chi connectivity index (χ4n) is 2.11. The number of thiophene rings is 1. The van der Waals surface area contributed by atoms with Crippen LogP contribution in [0.4, 0.5) is 0 Å². The number of rotatable bonds is 5. The molecule has 2 rings (SSSR count). The molecule has 1 aromatic rings. The third kappa shape index (κ3) is 4.05. The van der Waals surface area contributed by atoms with Gasteiger partial charge in [-0.1, -0.05) is 6.07 Å². The van der Waals surface area contributed by atoms with Crippen LogP contribution in [0, 0.1) is 0 Å². The zero-order valence-electron chi connectivity index (χ0n) is 10.6. The second-order valence-electron chi connectivity index (χ2n) is 4.75. The van der Waals surface area contributed by atoms with E-state index in [9.17, 15) is 8.42 Å². The summed E-state index contributed by atoms with van der Waals surface area (Å²) in [6.45, 7) is 5.29. The van der Waals surface area contributed by atoms with Crippen molar-refractivity contribution in [2.24, 2.45) is 0 Å². The summed E-state index contributed by atoms with van der Waals surface area (Å²) in [6, 6.07) is 4.57. The maximum atomic E-state index is 11.3. The van der Waals surface area contributed by atoms with Crippen LogP contribution in [-0.2, 0) is 16.4 Å². The van der Waals surface area contributed by atoms with Gasteiger partial charge >= 0.3 is 0 Å². The first-order valence-electron chi connectivity index (χ1n) is 6.24. The van der Waals surface area contributed by atoms with Crippen molar-refractivity contribution in [3.8, 4) is 0 Å². The molecule has 1 aliphatic rings. The van der Waals surface area contributed by atoms with Gasteiger partial charge in [-0.3, -0.25) is 4.90 Å². The molecule has 1 N–H and O–H groups in total. The Balaban J connectivity index is 1.70. The average molecular weight is 288 g/mol. The van der Waals surface area contributed by atoms with Crippen molar-refractivity contribution >= 4 is 21.2 Å². The number of hydrogen-bond donors (Lipinski definition) is 1. The number of nitrogens with one attached hydrogen (secondary N) is 1. The highest BCUT2D eigenvalue weighted by Gasteiger charge is 2.24. The summed E-state index contributed by atoms with van der Waals surface area (Å²) < 4.78 is 22.7. The summed E-state index contributed by atoms with van der Waals surface area (Å²) in [5.74, 6) is 0.616. The first-order valence-corrected chi connectivity index (χ1v) is 8.94. The van der Waals surface area contributed by atoms with E-state index in [4.69, 9.17) is 0 Å². The molecule has 1 atom stereocenters. The molecule has 0 aromatic carbocycles. The van der Waals surface area contributed by atoms with Gasteiger partial charge in [0.05, 0.1) is 11.5 Å². The van der Waals surface area contributed by atoms with E-state index in [-0.39, 0.29) is 0 Å². The van der Waals surface area contributed by atoms with Crippen LogP contribution in [0.25, 0.3) is 0 Å². The first kappa shape index (κ1) is 14.0. The predicted octanol–water partition coefficient (Wildman–Crippen LogP) is 0.957. The first-order chi connectivity index (χ1) is 8.57. The summed E-state index contributed by atoms with van der Waals surface area (Å²) >= 11 is 1.75. The molecule has 1 aromatic heterocycles. The summed E-state index contributed by atoms with van der Waals surface area (Å²) in [5, 5.41) is 5.50. The van der Waals surface area contributed by atoms with Gasteiger partial charge in [0, 0.05) is 37.1 Å². The highest BCUT2D eigenvalue weighted by molar-refractivity contribution is 7.91. The topological polar surface area (TPSA) is 49.4 Å². The Morgan fingerprint density at radius 1 is 1.44 bits per heavy atom. The normalized spacial score (nSPS) is 21.8. The minimum Gasteiger partial charge on any atom is -0.310 e. The fraction of sp³-hybridized carbons (Fsp3) is 0.667. The van der Waals surface area contributed by atoms with E-state index >= 15 is 0 Å². The summed E-state index contributed by atoms with van der Waals surface area (Å²) in [5.41, 5.74) is 0. The largest absolute Gasteiger partial charge is 0.310 e. The second kappa shape index (κ2) is 6.14. The molecule has 102 valence electrons. The van der Waals surface area contributed by atoms with Crippen LogP contribution in [0.2, 0.25) is 0 Å². The Morgan fingerprint density at radius 3 is 2.78 bits per heavy atom. The van der Waals surface area contributed by atoms with Gasteiger partial charge in [-0.15, -0.1) is 11.3 Å². The van der Waals surface area contributed by atoms with Crippen LogP contribution in [-0.4, -0.2) is 50.5 Å². The van der Waals surface area contributed by atoms with Crippen molar-refractivity contribution in [2.45, 2.75) is 19.5 Å². The predicted molar refractivity (Wildman–Crippen MR) is 75.7 cm³/mol. The van der Waals surface area contributed by atoms with E-state index in [1.165, 1.54) is 4.88 Å². The Labute approximate surface area is 113 Å². The van der Waals surface area contributed by atoms with Gasteiger partial charge in [-0.2, -0.15) is 0 Å². The maximum absolute atomic E-state index is 11.3. The van der Waals surface area contributed by atoms with Gasteiger partial charge in [0.2, 0.25) is 0 Å². The molecule has 18 heavy (non-hydrogen) atoms. The molecule has 6 heteroatoms. The molecular weight excluding hydrogens is 268 g/mol. The Kier molecular flexibility index (Phi) is 4.77. The summed E-state index contributed by atoms with van der Waals surface area (Å²) in [7, 11) is -2.77. The lowest BCUT2D eigenvalue weighted by atomic mass is 10.2. The Morgan fingerprint density at radius 2 is 2.17 bits per heavy atom. The third-order valence-corrected chi connectivity index (χ3v) is 5.81. The van der Waals surface area contributed by atoms with E-state index < -0.39 is 9.84 Å². The molecule has 1 saturated heterocycles. The molecule has 4 nitrogen and oxygen atoms in total.